The van der Waals surface area contributed by atoms with Gasteiger partial charge in [-0.05, 0) is 60.4 Å². The van der Waals surface area contributed by atoms with Crippen molar-refractivity contribution in [1.82, 2.24) is 0 Å². The van der Waals surface area contributed by atoms with Crippen LogP contribution in [0.5, 0.6) is 5.75 Å². The third-order valence-electron chi connectivity index (χ3n) is 6.70. The van der Waals surface area contributed by atoms with Gasteiger partial charge in [0.15, 0.2) is 0 Å². The highest BCUT2D eigenvalue weighted by Crippen LogP contribution is 2.16. The van der Waals surface area contributed by atoms with E-state index in [4.69, 9.17) is 18.9 Å². The van der Waals surface area contributed by atoms with Gasteiger partial charge in [-0.25, -0.2) is 14.4 Å². The topological polar surface area (TPSA) is 88.1 Å². The van der Waals surface area contributed by atoms with E-state index in [2.05, 4.69) is 0 Å². The van der Waals surface area contributed by atoms with Crippen LogP contribution in [0, 0.1) is 13.8 Å². The number of ether oxygens (including phenoxy) is 4. The summed E-state index contributed by atoms with van der Waals surface area (Å²) in [5.74, 6) is -1.58. The summed E-state index contributed by atoms with van der Waals surface area (Å²) in [6.07, 6.45) is 0. The molecule has 0 N–H and O–H groups in total. The molecule has 0 aromatic heterocycles. The Labute approximate surface area is 269 Å². The number of benzene rings is 5. The first-order valence-electron chi connectivity index (χ1n) is 14.8. The van der Waals surface area contributed by atoms with Gasteiger partial charge >= 0.3 is 17.9 Å². The summed E-state index contributed by atoms with van der Waals surface area (Å²) in [4.78, 5) is 35.2. The van der Waals surface area contributed by atoms with Crippen molar-refractivity contribution in [2.75, 3.05) is 0 Å². The Hall–Kier alpha value is -5.69. The summed E-state index contributed by atoms with van der Waals surface area (Å²) in [6, 6.07) is 41.6. The molecule has 0 atom stereocenters. The zero-order chi connectivity index (χ0) is 32.6. The Kier molecular flexibility index (Phi) is 12.7. The monoisotopic (exact) mass is 616 g/mol. The quantitative estimate of drug-likeness (QED) is 0.0902. The summed E-state index contributed by atoms with van der Waals surface area (Å²) in [7, 11) is 0. The molecule has 7 nitrogen and oxygen atoms in total. The maximum Gasteiger partial charge on any atom is 0.417 e. The molecular weight excluding hydrogens is 580 g/mol. The molecule has 5 rings (SSSR count). The molecule has 5 aromatic rings. The summed E-state index contributed by atoms with van der Waals surface area (Å²) in [5, 5.41) is 0. The Morgan fingerprint density at radius 2 is 0.826 bits per heavy atom. The highest BCUT2D eigenvalue weighted by Gasteiger charge is 2.17. The van der Waals surface area contributed by atoms with E-state index in [9.17, 15) is 14.4 Å². The fourth-order valence-electron chi connectivity index (χ4n) is 4.02. The molecule has 0 fully saturated rings. The molecule has 0 aliphatic heterocycles. The largest absolute Gasteiger partial charge is 0.489 e. The number of rotatable bonds is 10. The van der Waals surface area contributed by atoms with Crippen molar-refractivity contribution < 1.29 is 33.3 Å². The van der Waals surface area contributed by atoms with Crippen molar-refractivity contribution in [1.29, 1.82) is 0 Å². The molecule has 7 heteroatoms. The van der Waals surface area contributed by atoms with E-state index in [-0.39, 0.29) is 25.8 Å². The van der Waals surface area contributed by atoms with Crippen LogP contribution in [0.4, 0.5) is 0 Å². The van der Waals surface area contributed by atoms with Crippen molar-refractivity contribution in [3.8, 4) is 5.75 Å². The molecule has 0 heterocycles. The van der Waals surface area contributed by atoms with Crippen molar-refractivity contribution in [2.24, 2.45) is 0 Å². The molecule has 0 radical (unpaired) electrons. The van der Waals surface area contributed by atoms with Crippen molar-refractivity contribution in [2.45, 2.75) is 40.3 Å². The third kappa shape index (κ3) is 11.4. The molecule has 0 aliphatic carbocycles. The van der Waals surface area contributed by atoms with Gasteiger partial charge in [-0.2, -0.15) is 0 Å². The van der Waals surface area contributed by atoms with Gasteiger partial charge in [-0.3, -0.25) is 0 Å². The van der Waals surface area contributed by atoms with Crippen molar-refractivity contribution in [3.05, 3.63) is 172 Å². The summed E-state index contributed by atoms with van der Waals surface area (Å²) in [6.45, 7) is 4.82. The number of aryl methyl sites for hydroxylation is 2. The standard InChI is InChI=1S/C21H18O3.C18H18O4/c22-21(24-16-18-9-5-2-6-10-18)19-11-13-20(14-12-19)23-15-17-7-3-1-4-8-17;1-13-3-7-15(8-4-13)11-21-17(19)18(20)22-12-16-9-5-14(2)6-10-16/h1-14H,15-16H2;3-10H,11-12H2,1-2H3. The second-order valence-electron chi connectivity index (χ2n) is 10.5. The average Bonchev–Trinajstić information content (AvgIpc) is 3.10. The number of esters is 3. The van der Waals surface area contributed by atoms with Crippen molar-refractivity contribution >= 4 is 17.9 Å². The lowest BCUT2D eigenvalue weighted by molar-refractivity contribution is -0.169. The molecule has 234 valence electrons. The van der Waals surface area contributed by atoms with E-state index in [1.54, 1.807) is 24.3 Å². The molecular formula is C39H36O7. The van der Waals surface area contributed by atoms with E-state index in [1.165, 1.54) is 0 Å². The van der Waals surface area contributed by atoms with Gasteiger partial charge in [-0.1, -0.05) is 120 Å². The van der Waals surface area contributed by atoms with Crippen molar-refractivity contribution in [3.63, 3.8) is 0 Å². The van der Waals surface area contributed by atoms with E-state index >= 15 is 0 Å². The zero-order valence-corrected chi connectivity index (χ0v) is 25.9. The van der Waals surface area contributed by atoms with Crippen LogP contribution in [-0.4, -0.2) is 17.9 Å². The summed E-state index contributed by atoms with van der Waals surface area (Å²) < 4.78 is 20.9. The number of hydrogen-bond acceptors (Lipinski definition) is 7. The second kappa shape index (κ2) is 17.6. The van der Waals surface area contributed by atoms with E-state index in [0.29, 0.717) is 12.2 Å². The van der Waals surface area contributed by atoms with E-state index < -0.39 is 11.9 Å². The molecule has 5 aromatic carbocycles. The van der Waals surface area contributed by atoms with Gasteiger partial charge in [0.25, 0.3) is 0 Å². The fourth-order valence-corrected chi connectivity index (χ4v) is 4.02. The first kappa shape index (κ1) is 33.2. The minimum atomic E-state index is -0.979. The number of carbonyl (C=O) groups excluding carboxylic acids is 3. The molecule has 46 heavy (non-hydrogen) atoms. The van der Waals surface area contributed by atoms with E-state index in [0.717, 1.165) is 39.1 Å². The summed E-state index contributed by atoms with van der Waals surface area (Å²) >= 11 is 0. The van der Waals surface area contributed by atoms with Crippen LogP contribution in [0.25, 0.3) is 0 Å². The Morgan fingerprint density at radius 1 is 0.435 bits per heavy atom. The SMILES string of the molecule is Cc1ccc(COC(=O)C(=O)OCc2ccc(C)cc2)cc1.O=C(OCc1ccccc1)c1ccc(OCc2ccccc2)cc1. The lowest BCUT2D eigenvalue weighted by Crippen LogP contribution is -2.20. The molecule has 0 saturated heterocycles. The number of hydrogen-bond donors (Lipinski definition) is 0. The Bertz CT molecular complexity index is 1600. The first-order chi connectivity index (χ1) is 22.4. The normalized spacial score (nSPS) is 10.1. The Balaban J connectivity index is 0.000000210. The van der Waals surface area contributed by atoms with Crippen LogP contribution in [0.2, 0.25) is 0 Å². The molecule has 0 spiro atoms. The maximum atomic E-state index is 12.0. The van der Waals surface area contributed by atoms with Gasteiger partial charge < -0.3 is 18.9 Å². The predicted octanol–water partition coefficient (Wildman–Crippen LogP) is 7.71. The van der Waals surface area contributed by atoms with Gasteiger partial charge in [0.1, 0.15) is 32.2 Å². The lowest BCUT2D eigenvalue weighted by Gasteiger charge is -2.08. The molecule has 0 saturated carbocycles. The average molecular weight is 617 g/mol. The van der Waals surface area contributed by atoms with Gasteiger partial charge in [-0.15, -0.1) is 0 Å². The molecule has 0 amide bonds. The van der Waals surface area contributed by atoms with E-state index in [1.807, 2.05) is 123 Å². The third-order valence-corrected chi connectivity index (χ3v) is 6.70. The molecule has 0 unspecified atom stereocenters. The highest BCUT2D eigenvalue weighted by molar-refractivity contribution is 6.29. The minimum Gasteiger partial charge on any atom is -0.489 e. The summed E-state index contributed by atoms with van der Waals surface area (Å²) in [5.41, 5.74) is 6.46. The first-order valence-corrected chi connectivity index (χ1v) is 14.8. The van der Waals surface area contributed by atoms with Crippen LogP contribution in [0.3, 0.4) is 0 Å². The van der Waals surface area contributed by atoms with Crippen LogP contribution >= 0.6 is 0 Å². The minimum absolute atomic E-state index is 0.0543. The maximum absolute atomic E-state index is 12.0. The van der Waals surface area contributed by atoms with Crippen LogP contribution in [-0.2, 0) is 50.2 Å². The molecule has 0 bridgehead atoms. The number of carbonyl (C=O) groups is 3. The highest BCUT2D eigenvalue weighted by atomic mass is 16.6. The second-order valence-corrected chi connectivity index (χ2v) is 10.5. The van der Waals surface area contributed by atoms with Gasteiger partial charge in [0.05, 0.1) is 5.56 Å². The van der Waals surface area contributed by atoms with Gasteiger partial charge in [0, 0.05) is 0 Å². The Morgan fingerprint density at radius 3 is 1.28 bits per heavy atom. The predicted molar refractivity (Wildman–Crippen MR) is 175 cm³/mol. The van der Waals surface area contributed by atoms with Gasteiger partial charge in [0.2, 0.25) is 0 Å². The smallest absolute Gasteiger partial charge is 0.417 e. The lowest BCUT2D eigenvalue weighted by atomic mass is 10.2. The van der Waals surface area contributed by atoms with Crippen LogP contribution in [0.15, 0.2) is 133 Å². The fraction of sp³-hybridized carbons (Fsp3) is 0.154. The van der Waals surface area contributed by atoms with Crippen LogP contribution < -0.4 is 4.74 Å². The van der Waals surface area contributed by atoms with Crippen LogP contribution in [0.1, 0.15) is 43.7 Å². The zero-order valence-electron chi connectivity index (χ0n) is 25.9. The molecule has 0 aliphatic rings.